The van der Waals surface area contributed by atoms with Gasteiger partial charge in [-0.05, 0) is 43.7 Å². The molecule has 0 saturated heterocycles. The van der Waals surface area contributed by atoms with Crippen molar-refractivity contribution in [3.05, 3.63) is 59.9 Å². The van der Waals surface area contributed by atoms with Crippen molar-refractivity contribution in [1.82, 2.24) is 10.4 Å². The van der Waals surface area contributed by atoms with Crippen LogP contribution >= 0.6 is 0 Å². The van der Waals surface area contributed by atoms with E-state index in [0.717, 1.165) is 12.1 Å². The van der Waals surface area contributed by atoms with Crippen molar-refractivity contribution in [1.29, 1.82) is 0 Å². The summed E-state index contributed by atoms with van der Waals surface area (Å²) in [7, 11) is 0. The highest BCUT2D eigenvalue weighted by Gasteiger charge is 2.02. The second kappa shape index (κ2) is 9.73. The van der Waals surface area contributed by atoms with Crippen LogP contribution in [0.4, 0.5) is 0 Å². The number of hydrogen-bond donors (Lipinski definition) is 3. The second-order valence-corrected chi connectivity index (χ2v) is 4.73. The smallest absolute Gasteiger partial charge is 0.335 e. The quantitative estimate of drug-likeness (QED) is 0.590. The lowest BCUT2D eigenvalue weighted by molar-refractivity contribution is 0.0696. The number of aromatic nitrogens is 1. The van der Waals surface area contributed by atoms with E-state index >= 15 is 0 Å². The van der Waals surface area contributed by atoms with E-state index in [1.165, 1.54) is 24.3 Å². The molecule has 1 aromatic heterocycles. The van der Waals surface area contributed by atoms with Crippen molar-refractivity contribution < 1.29 is 19.8 Å². The molecule has 126 valence electrons. The standard InChI is InChI=1S/C10H13N3O.C7H6O3/c1-3-8(2)12-13-10(14)9-4-6-11-7-5-9;8-6-3-1-2-5(4-6)7(9)10/h4-7H,3H2,1-2H3,(H,13,14);1-4,8H,(H,9,10)/b12-8+;. The van der Waals surface area contributed by atoms with Crippen LogP contribution in [0.15, 0.2) is 53.9 Å². The number of nitrogens with one attached hydrogen (secondary N) is 1. The fraction of sp³-hybridized carbons (Fsp3) is 0.176. The van der Waals surface area contributed by atoms with Crippen LogP contribution in [0.2, 0.25) is 0 Å². The number of amides is 1. The van der Waals surface area contributed by atoms with Gasteiger partial charge in [-0.25, -0.2) is 10.2 Å². The predicted octanol–water partition coefficient (Wildman–Crippen LogP) is 2.69. The minimum Gasteiger partial charge on any atom is -0.508 e. The van der Waals surface area contributed by atoms with E-state index in [2.05, 4.69) is 15.5 Å². The maximum atomic E-state index is 11.4. The molecule has 0 aliphatic carbocycles. The van der Waals surface area contributed by atoms with E-state index in [-0.39, 0.29) is 17.2 Å². The lowest BCUT2D eigenvalue weighted by atomic mass is 10.2. The van der Waals surface area contributed by atoms with Crippen molar-refractivity contribution in [2.45, 2.75) is 20.3 Å². The highest BCUT2D eigenvalue weighted by atomic mass is 16.4. The third kappa shape index (κ3) is 6.69. The van der Waals surface area contributed by atoms with E-state index in [1.54, 1.807) is 24.5 Å². The average Bonchev–Trinajstić information content (AvgIpc) is 2.60. The van der Waals surface area contributed by atoms with Gasteiger partial charge in [-0.1, -0.05) is 13.0 Å². The van der Waals surface area contributed by atoms with Crippen LogP contribution in [0.25, 0.3) is 0 Å². The van der Waals surface area contributed by atoms with E-state index < -0.39 is 5.97 Å². The number of phenolic OH excluding ortho intramolecular Hbond substituents is 1. The zero-order valence-corrected chi connectivity index (χ0v) is 13.4. The third-order valence-electron chi connectivity index (χ3n) is 2.90. The molecule has 2 aromatic rings. The van der Waals surface area contributed by atoms with Crippen molar-refractivity contribution in [2.24, 2.45) is 5.10 Å². The third-order valence-corrected chi connectivity index (χ3v) is 2.90. The van der Waals surface area contributed by atoms with Gasteiger partial charge in [-0.15, -0.1) is 0 Å². The van der Waals surface area contributed by atoms with Crippen molar-refractivity contribution in [2.75, 3.05) is 0 Å². The first kappa shape index (κ1) is 18.8. The molecule has 0 atom stereocenters. The van der Waals surface area contributed by atoms with Crippen LogP contribution in [-0.2, 0) is 0 Å². The van der Waals surface area contributed by atoms with E-state index in [1.807, 2.05) is 13.8 Å². The van der Waals surface area contributed by atoms with E-state index in [9.17, 15) is 9.59 Å². The zero-order valence-electron chi connectivity index (χ0n) is 13.4. The number of hydrazone groups is 1. The number of carboxylic acids is 1. The fourth-order valence-corrected chi connectivity index (χ4v) is 1.43. The molecule has 2 rings (SSSR count). The van der Waals surface area contributed by atoms with Crippen LogP contribution < -0.4 is 5.43 Å². The Hall–Kier alpha value is -3.22. The number of carbonyl (C=O) groups is 2. The van der Waals surface area contributed by atoms with Crippen molar-refractivity contribution in [3.8, 4) is 5.75 Å². The van der Waals surface area contributed by atoms with Gasteiger partial charge in [0.25, 0.3) is 5.91 Å². The Balaban J connectivity index is 0.000000254. The number of aromatic hydroxyl groups is 1. The summed E-state index contributed by atoms with van der Waals surface area (Å²) in [6.07, 6.45) is 3.98. The molecule has 0 aliphatic rings. The van der Waals surface area contributed by atoms with Crippen LogP contribution in [0.1, 0.15) is 41.0 Å². The highest BCUT2D eigenvalue weighted by Crippen LogP contribution is 2.09. The summed E-state index contributed by atoms with van der Waals surface area (Å²) in [6, 6.07) is 8.81. The maximum Gasteiger partial charge on any atom is 0.335 e. The maximum absolute atomic E-state index is 11.4. The molecule has 0 unspecified atom stereocenters. The predicted molar refractivity (Wildman–Crippen MR) is 90.2 cm³/mol. The highest BCUT2D eigenvalue weighted by molar-refractivity contribution is 5.95. The Morgan fingerprint density at radius 2 is 1.83 bits per heavy atom. The van der Waals surface area contributed by atoms with Gasteiger partial charge in [0.1, 0.15) is 5.75 Å². The molecule has 24 heavy (non-hydrogen) atoms. The molecule has 1 amide bonds. The number of phenols is 1. The molecule has 1 aromatic carbocycles. The average molecular weight is 329 g/mol. The number of carbonyl (C=O) groups excluding carboxylic acids is 1. The zero-order chi connectivity index (χ0) is 17.9. The van der Waals surface area contributed by atoms with Crippen LogP contribution in [0.5, 0.6) is 5.75 Å². The monoisotopic (exact) mass is 329 g/mol. The van der Waals surface area contributed by atoms with Crippen LogP contribution in [0.3, 0.4) is 0 Å². The normalized spacial score (nSPS) is 10.3. The Kier molecular flexibility index (Phi) is 7.63. The Morgan fingerprint density at radius 1 is 1.17 bits per heavy atom. The minimum absolute atomic E-state index is 0.0279. The molecule has 1 heterocycles. The summed E-state index contributed by atoms with van der Waals surface area (Å²) < 4.78 is 0. The first-order chi connectivity index (χ1) is 11.4. The van der Waals surface area contributed by atoms with Gasteiger partial charge in [-0.3, -0.25) is 9.78 Å². The first-order valence-corrected chi connectivity index (χ1v) is 7.20. The Morgan fingerprint density at radius 3 is 2.33 bits per heavy atom. The summed E-state index contributed by atoms with van der Waals surface area (Å²) in [5.41, 5.74) is 4.03. The second-order valence-electron chi connectivity index (χ2n) is 4.73. The van der Waals surface area contributed by atoms with Gasteiger partial charge in [0.15, 0.2) is 0 Å². The largest absolute Gasteiger partial charge is 0.508 e. The number of carboxylic acid groups (broad SMARTS) is 1. The lowest BCUT2D eigenvalue weighted by Crippen LogP contribution is -2.18. The van der Waals surface area contributed by atoms with Gasteiger partial charge >= 0.3 is 5.97 Å². The summed E-state index contributed by atoms with van der Waals surface area (Å²) in [6.45, 7) is 3.85. The molecular formula is C17H19N3O4. The van der Waals surface area contributed by atoms with Crippen LogP contribution in [0, 0.1) is 0 Å². The molecule has 0 fully saturated rings. The summed E-state index contributed by atoms with van der Waals surface area (Å²) >= 11 is 0. The first-order valence-electron chi connectivity index (χ1n) is 7.20. The van der Waals surface area contributed by atoms with Gasteiger partial charge in [0.2, 0.25) is 0 Å². The van der Waals surface area contributed by atoms with Gasteiger partial charge < -0.3 is 10.2 Å². The fourth-order valence-electron chi connectivity index (χ4n) is 1.43. The summed E-state index contributed by atoms with van der Waals surface area (Å²) in [4.78, 5) is 25.5. The number of hydrogen-bond acceptors (Lipinski definition) is 5. The molecule has 0 saturated carbocycles. The number of aromatic carboxylic acids is 1. The number of nitrogens with zero attached hydrogens (tertiary/aromatic N) is 2. The Labute approximate surface area is 139 Å². The molecule has 0 spiro atoms. The molecular weight excluding hydrogens is 310 g/mol. The SMILES string of the molecule is CC/C(C)=N/NC(=O)c1ccncc1.O=C(O)c1cccc(O)c1. The van der Waals surface area contributed by atoms with E-state index in [0.29, 0.717) is 5.56 Å². The lowest BCUT2D eigenvalue weighted by Gasteiger charge is -1.99. The van der Waals surface area contributed by atoms with Crippen molar-refractivity contribution >= 4 is 17.6 Å². The molecule has 3 N–H and O–H groups in total. The molecule has 7 heteroatoms. The van der Waals surface area contributed by atoms with Gasteiger partial charge in [0.05, 0.1) is 5.56 Å². The number of pyridine rings is 1. The summed E-state index contributed by atoms with van der Waals surface area (Å²) in [5, 5.41) is 21.1. The van der Waals surface area contributed by atoms with Crippen molar-refractivity contribution in [3.63, 3.8) is 0 Å². The van der Waals surface area contributed by atoms with Crippen LogP contribution in [-0.4, -0.2) is 32.8 Å². The molecule has 0 aliphatic heterocycles. The molecule has 0 bridgehead atoms. The number of benzene rings is 1. The van der Waals surface area contributed by atoms with E-state index in [4.69, 9.17) is 10.2 Å². The van der Waals surface area contributed by atoms with Gasteiger partial charge in [-0.2, -0.15) is 5.10 Å². The summed E-state index contributed by atoms with van der Waals surface area (Å²) in [5.74, 6) is -1.27. The molecule has 0 radical (unpaired) electrons. The van der Waals surface area contributed by atoms with Gasteiger partial charge in [0, 0.05) is 23.7 Å². The minimum atomic E-state index is -1.03. The number of rotatable bonds is 4. The topological polar surface area (TPSA) is 112 Å². The Bertz CT molecular complexity index is 715. The molecule has 7 nitrogen and oxygen atoms in total.